The highest BCUT2D eigenvalue weighted by Crippen LogP contribution is 2.38. The van der Waals surface area contributed by atoms with Crippen LogP contribution in [0.2, 0.25) is 5.02 Å². The molecule has 0 radical (unpaired) electrons. The predicted molar refractivity (Wildman–Crippen MR) is 159 cm³/mol. The Bertz CT molecular complexity index is 1660. The van der Waals surface area contributed by atoms with Crippen molar-refractivity contribution in [1.82, 2.24) is 24.6 Å². The highest BCUT2D eigenvalue weighted by atomic mass is 35.5. The number of halogens is 2. The number of nitrogens with zero attached hydrogens (tertiary/aromatic N) is 5. The topological polar surface area (TPSA) is 109 Å². The van der Waals surface area contributed by atoms with Crippen molar-refractivity contribution in [2.24, 2.45) is 0 Å². The summed E-state index contributed by atoms with van der Waals surface area (Å²) in [5.74, 6) is -0.394. The standard InChI is InChI=1S/C31H33ClFN5O5/c1-30(2,3)43-29(40)37-15-13-31(14-16-37,28(39)42-5)23-17-34-26-25(21-7-6-8-22(32)24(21)33)36-38(27(26)35-23)18-19-9-11-20(41-4)12-10-19/h6-12,17H,13-16,18H2,1-5H3. The van der Waals surface area contributed by atoms with E-state index in [1.165, 1.54) is 19.4 Å². The van der Waals surface area contributed by atoms with Gasteiger partial charge in [-0.2, -0.15) is 5.10 Å². The minimum absolute atomic E-state index is 0.0404. The van der Waals surface area contributed by atoms with Crippen molar-refractivity contribution in [2.45, 2.75) is 51.2 Å². The number of rotatable bonds is 6. The number of methoxy groups -OCH3 is 2. The first-order chi connectivity index (χ1) is 20.5. The number of carbonyl (C=O) groups excluding carboxylic acids is 2. The highest BCUT2D eigenvalue weighted by Gasteiger charge is 2.47. The van der Waals surface area contributed by atoms with Crippen molar-refractivity contribution in [3.63, 3.8) is 0 Å². The van der Waals surface area contributed by atoms with Gasteiger partial charge in [-0.15, -0.1) is 0 Å². The lowest BCUT2D eigenvalue weighted by molar-refractivity contribution is -0.150. The maximum Gasteiger partial charge on any atom is 0.410 e. The molecule has 2 aromatic carbocycles. The summed E-state index contributed by atoms with van der Waals surface area (Å²) in [6, 6.07) is 12.1. The van der Waals surface area contributed by atoms with Crippen LogP contribution in [0.15, 0.2) is 48.7 Å². The quantitative estimate of drug-likeness (QED) is 0.253. The molecule has 226 valence electrons. The van der Waals surface area contributed by atoms with Gasteiger partial charge in [0.1, 0.15) is 28.0 Å². The fraction of sp³-hybridized carbons (Fsp3) is 0.387. The number of hydrogen-bond donors (Lipinski definition) is 0. The van der Waals surface area contributed by atoms with Crippen molar-refractivity contribution < 1.29 is 28.2 Å². The van der Waals surface area contributed by atoms with Crippen molar-refractivity contribution in [1.29, 1.82) is 0 Å². The summed E-state index contributed by atoms with van der Waals surface area (Å²) >= 11 is 6.10. The number of esters is 1. The number of piperidine rings is 1. The summed E-state index contributed by atoms with van der Waals surface area (Å²) in [5, 5.41) is 4.68. The molecule has 5 rings (SSSR count). The van der Waals surface area contributed by atoms with Crippen LogP contribution >= 0.6 is 11.6 Å². The van der Waals surface area contributed by atoms with Gasteiger partial charge >= 0.3 is 12.1 Å². The summed E-state index contributed by atoms with van der Waals surface area (Å²) in [4.78, 5) is 37.2. The first-order valence-corrected chi connectivity index (χ1v) is 14.2. The molecule has 43 heavy (non-hydrogen) atoms. The predicted octanol–water partition coefficient (Wildman–Crippen LogP) is 5.78. The second-order valence-electron chi connectivity index (χ2n) is 11.4. The van der Waals surface area contributed by atoms with Crippen LogP contribution in [-0.4, -0.2) is 69.6 Å². The molecule has 0 unspecified atom stereocenters. The molecule has 0 N–H and O–H groups in total. The number of aromatic nitrogens is 4. The van der Waals surface area contributed by atoms with Gasteiger partial charge in [0.2, 0.25) is 0 Å². The van der Waals surface area contributed by atoms with E-state index in [0.717, 1.165) is 5.56 Å². The van der Waals surface area contributed by atoms with Crippen LogP contribution < -0.4 is 4.74 Å². The zero-order valence-corrected chi connectivity index (χ0v) is 25.4. The van der Waals surface area contributed by atoms with E-state index in [2.05, 4.69) is 4.98 Å². The average molecular weight is 610 g/mol. The van der Waals surface area contributed by atoms with Gasteiger partial charge in [-0.25, -0.2) is 23.8 Å². The Morgan fingerprint density at radius 2 is 1.77 bits per heavy atom. The van der Waals surface area contributed by atoms with Gasteiger partial charge in [0.15, 0.2) is 11.5 Å². The van der Waals surface area contributed by atoms with E-state index in [9.17, 15) is 9.59 Å². The Kier molecular flexibility index (Phi) is 8.29. The zero-order chi connectivity index (χ0) is 30.9. The van der Waals surface area contributed by atoms with Crippen LogP contribution in [-0.2, 0) is 26.2 Å². The fourth-order valence-electron chi connectivity index (χ4n) is 5.21. The second kappa shape index (κ2) is 11.8. The van der Waals surface area contributed by atoms with E-state index in [1.54, 1.807) is 49.6 Å². The van der Waals surface area contributed by atoms with E-state index in [-0.39, 0.29) is 42.2 Å². The minimum Gasteiger partial charge on any atom is -0.497 e. The summed E-state index contributed by atoms with van der Waals surface area (Å²) in [6.45, 7) is 6.21. The molecule has 4 aromatic rings. The summed E-state index contributed by atoms with van der Waals surface area (Å²) < 4.78 is 32.9. The van der Waals surface area contributed by atoms with E-state index in [4.69, 9.17) is 35.9 Å². The van der Waals surface area contributed by atoms with Gasteiger partial charge < -0.3 is 19.1 Å². The van der Waals surface area contributed by atoms with Crippen LogP contribution in [0.3, 0.4) is 0 Å². The number of ether oxygens (including phenoxy) is 3. The van der Waals surface area contributed by atoms with Gasteiger partial charge in [-0.3, -0.25) is 4.79 Å². The third kappa shape index (κ3) is 5.99. The zero-order valence-electron chi connectivity index (χ0n) is 24.7. The smallest absolute Gasteiger partial charge is 0.410 e. The van der Waals surface area contributed by atoms with Crippen LogP contribution in [0, 0.1) is 5.82 Å². The second-order valence-corrected chi connectivity index (χ2v) is 11.8. The number of likely N-dealkylation sites (tertiary alicyclic amines) is 1. The van der Waals surface area contributed by atoms with Gasteiger partial charge in [0.25, 0.3) is 0 Å². The van der Waals surface area contributed by atoms with E-state index in [1.807, 2.05) is 24.3 Å². The van der Waals surface area contributed by atoms with Gasteiger partial charge in [-0.05, 0) is 63.4 Å². The highest BCUT2D eigenvalue weighted by molar-refractivity contribution is 6.31. The molecule has 0 aliphatic carbocycles. The SMILES string of the molecule is COC(=O)C1(c2cnc3c(-c4cccc(Cl)c4F)nn(Cc4ccc(OC)cc4)c3n2)CCN(C(=O)OC(C)(C)C)CC1. The van der Waals surface area contributed by atoms with E-state index >= 15 is 4.39 Å². The molecule has 1 amide bonds. The normalized spacial score (nSPS) is 14.9. The Labute approximate surface area is 253 Å². The maximum atomic E-state index is 15.2. The lowest BCUT2D eigenvalue weighted by Gasteiger charge is -2.39. The molecule has 1 aliphatic heterocycles. The molecule has 0 saturated carbocycles. The first kappa shape index (κ1) is 30.2. The van der Waals surface area contributed by atoms with Crippen molar-refractivity contribution in [3.05, 3.63) is 70.8 Å². The van der Waals surface area contributed by atoms with Crippen LogP contribution in [0.1, 0.15) is 44.9 Å². The third-order valence-corrected chi connectivity index (χ3v) is 7.77. The number of benzene rings is 2. The molecule has 0 atom stereocenters. The molecule has 1 saturated heterocycles. The average Bonchev–Trinajstić information content (AvgIpc) is 3.34. The maximum absolute atomic E-state index is 15.2. The van der Waals surface area contributed by atoms with Gasteiger partial charge in [0.05, 0.1) is 37.7 Å². The Hall–Kier alpha value is -4.25. The molecule has 0 bridgehead atoms. The van der Waals surface area contributed by atoms with Crippen molar-refractivity contribution >= 4 is 34.8 Å². The number of fused-ring (bicyclic) bond motifs is 1. The Morgan fingerprint density at radius 1 is 1.07 bits per heavy atom. The minimum atomic E-state index is -1.16. The fourth-order valence-corrected chi connectivity index (χ4v) is 5.39. The monoisotopic (exact) mass is 609 g/mol. The molecule has 1 fully saturated rings. The molecular formula is C31H33ClFN5O5. The molecule has 3 heterocycles. The first-order valence-electron chi connectivity index (χ1n) is 13.8. The molecule has 1 aliphatic rings. The molecule has 0 spiro atoms. The molecular weight excluding hydrogens is 577 g/mol. The van der Waals surface area contributed by atoms with Crippen LogP contribution in [0.4, 0.5) is 9.18 Å². The molecule has 2 aromatic heterocycles. The van der Waals surface area contributed by atoms with Crippen molar-refractivity contribution in [2.75, 3.05) is 27.3 Å². The lowest BCUT2D eigenvalue weighted by Crippen LogP contribution is -2.50. The van der Waals surface area contributed by atoms with Gasteiger partial charge in [-0.1, -0.05) is 29.8 Å². The van der Waals surface area contributed by atoms with Crippen LogP contribution in [0.25, 0.3) is 22.4 Å². The number of amides is 1. The largest absolute Gasteiger partial charge is 0.497 e. The third-order valence-electron chi connectivity index (χ3n) is 7.48. The Morgan fingerprint density at radius 3 is 2.40 bits per heavy atom. The van der Waals surface area contributed by atoms with E-state index in [0.29, 0.717) is 29.2 Å². The summed E-state index contributed by atoms with van der Waals surface area (Å²) in [6.07, 6.45) is 1.56. The van der Waals surface area contributed by atoms with Gasteiger partial charge in [0, 0.05) is 18.7 Å². The van der Waals surface area contributed by atoms with Crippen LogP contribution in [0.5, 0.6) is 5.75 Å². The van der Waals surface area contributed by atoms with Crippen molar-refractivity contribution in [3.8, 4) is 17.0 Å². The summed E-state index contributed by atoms with van der Waals surface area (Å²) in [5.41, 5.74) is 0.632. The summed E-state index contributed by atoms with van der Waals surface area (Å²) in [7, 11) is 2.92. The molecule has 10 nitrogen and oxygen atoms in total. The molecule has 12 heteroatoms. The number of carbonyl (C=O) groups is 2. The lowest BCUT2D eigenvalue weighted by atomic mass is 9.75. The Balaban J connectivity index is 1.58. The number of hydrogen-bond acceptors (Lipinski definition) is 8. The van der Waals surface area contributed by atoms with E-state index < -0.39 is 28.9 Å².